The van der Waals surface area contributed by atoms with Crippen molar-refractivity contribution in [2.45, 2.75) is 12.7 Å². The highest BCUT2D eigenvalue weighted by molar-refractivity contribution is 5.59. The third-order valence-electron chi connectivity index (χ3n) is 2.40. The molecule has 0 N–H and O–H groups in total. The molecule has 0 radical (unpaired) electrons. The van der Waals surface area contributed by atoms with Crippen LogP contribution in [0.15, 0.2) is 24.3 Å². The average Bonchev–Trinajstić information content (AvgIpc) is 2.58. The number of carbonyl (C=O) groups is 1. The van der Waals surface area contributed by atoms with E-state index in [9.17, 15) is 4.79 Å². The van der Waals surface area contributed by atoms with E-state index in [1.807, 2.05) is 24.3 Å². The van der Waals surface area contributed by atoms with Gasteiger partial charge in [0.15, 0.2) is 0 Å². The predicted octanol–water partition coefficient (Wildman–Crippen LogP) is 1.79. The van der Waals surface area contributed by atoms with Crippen molar-refractivity contribution < 1.29 is 18.8 Å². The van der Waals surface area contributed by atoms with Gasteiger partial charge in [0.1, 0.15) is 5.75 Å². The van der Waals surface area contributed by atoms with E-state index in [1.54, 1.807) is 21.1 Å². The molecule has 0 aromatic heterocycles. The van der Waals surface area contributed by atoms with Crippen LogP contribution in [0.4, 0.5) is 4.79 Å². The zero-order valence-electron chi connectivity index (χ0n) is 9.77. The fourth-order valence-electron chi connectivity index (χ4n) is 1.49. The summed E-state index contributed by atoms with van der Waals surface area (Å²) in [7, 11) is 5.30. The highest BCUT2D eigenvalue weighted by Crippen LogP contribution is 2.28. The number of quaternary nitrogens is 1. The van der Waals surface area contributed by atoms with Crippen LogP contribution >= 0.6 is 0 Å². The minimum absolute atomic E-state index is 0.135. The first-order valence-electron chi connectivity index (χ1n) is 5.24. The van der Waals surface area contributed by atoms with Crippen LogP contribution in [0.25, 0.3) is 0 Å². The molecule has 1 amide bonds. The number of rotatable bonds is 1. The van der Waals surface area contributed by atoms with Gasteiger partial charge in [0.25, 0.3) is 6.29 Å². The van der Waals surface area contributed by atoms with Crippen molar-refractivity contribution in [3.05, 3.63) is 29.8 Å². The number of hydrogen-bond acceptors (Lipinski definition) is 3. The smallest absolute Gasteiger partial charge is 0.454 e. The van der Waals surface area contributed by atoms with Crippen LogP contribution in [-0.2, 0) is 11.2 Å². The lowest BCUT2D eigenvalue weighted by Gasteiger charge is -2.21. The Balaban J connectivity index is 2.00. The molecule has 86 valence electrons. The van der Waals surface area contributed by atoms with E-state index >= 15 is 0 Å². The molecule has 4 heteroatoms. The summed E-state index contributed by atoms with van der Waals surface area (Å²) in [5.74, 6) is 0.807. The number of ether oxygens (including phenoxy) is 2. The summed E-state index contributed by atoms with van der Waals surface area (Å²) >= 11 is 0. The van der Waals surface area contributed by atoms with Crippen LogP contribution in [0, 0.1) is 0 Å². The summed E-state index contributed by atoms with van der Waals surface area (Å²) in [6.45, 7) is 0. The molecule has 1 aliphatic rings. The second kappa shape index (κ2) is 3.79. The summed E-state index contributed by atoms with van der Waals surface area (Å²) in [6, 6.07) is 7.72. The number of nitrogens with zero attached hydrogens (tertiary/aromatic N) is 1. The molecule has 2 rings (SSSR count). The average molecular weight is 222 g/mol. The largest absolute Gasteiger partial charge is 0.518 e. The Kier molecular flexibility index (Phi) is 2.59. The minimum atomic E-state index is -0.484. The fourth-order valence-corrected chi connectivity index (χ4v) is 1.49. The Morgan fingerprint density at radius 3 is 2.69 bits per heavy atom. The van der Waals surface area contributed by atoms with Crippen molar-refractivity contribution in [3.63, 3.8) is 0 Å². The maximum Gasteiger partial charge on any atom is 0.518 e. The monoisotopic (exact) mass is 222 g/mol. The molecule has 4 nitrogen and oxygen atoms in total. The van der Waals surface area contributed by atoms with Gasteiger partial charge in [-0.2, -0.15) is 4.79 Å². The van der Waals surface area contributed by atoms with E-state index in [0.717, 1.165) is 11.3 Å². The SMILES string of the molecule is C[N+](C)(C)C(=O)OC1Cc2ccccc2O1. The van der Waals surface area contributed by atoms with E-state index in [1.165, 1.54) is 0 Å². The van der Waals surface area contributed by atoms with Crippen molar-refractivity contribution in [2.24, 2.45) is 0 Å². The summed E-state index contributed by atoms with van der Waals surface area (Å²) in [5.41, 5.74) is 1.08. The van der Waals surface area contributed by atoms with Gasteiger partial charge in [0, 0.05) is 5.56 Å². The van der Waals surface area contributed by atoms with Gasteiger partial charge >= 0.3 is 6.09 Å². The molecule has 0 spiro atoms. The van der Waals surface area contributed by atoms with Gasteiger partial charge in [-0.15, -0.1) is 0 Å². The zero-order chi connectivity index (χ0) is 11.8. The first-order chi connectivity index (χ1) is 7.47. The zero-order valence-corrected chi connectivity index (χ0v) is 9.77. The standard InChI is InChI=1S/C12H16NO3/c1-13(2,3)12(14)16-11-8-9-6-4-5-7-10(9)15-11/h4-7,11H,8H2,1-3H3/q+1. The van der Waals surface area contributed by atoms with Gasteiger partial charge in [-0.1, -0.05) is 18.2 Å². The molecule has 0 saturated heterocycles. The molecular weight excluding hydrogens is 206 g/mol. The van der Waals surface area contributed by atoms with Crippen LogP contribution in [-0.4, -0.2) is 38.0 Å². The van der Waals surface area contributed by atoms with Crippen LogP contribution < -0.4 is 4.74 Å². The molecule has 0 aliphatic carbocycles. The van der Waals surface area contributed by atoms with Crippen LogP contribution in [0.1, 0.15) is 5.56 Å². The van der Waals surface area contributed by atoms with Gasteiger partial charge in [-0.05, 0) is 6.07 Å². The molecule has 1 aliphatic heterocycles. The van der Waals surface area contributed by atoms with Gasteiger partial charge in [0.05, 0.1) is 27.6 Å². The molecule has 1 heterocycles. The fraction of sp³-hybridized carbons (Fsp3) is 0.417. The Morgan fingerprint density at radius 2 is 2.06 bits per heavy atom. The summed E-state index contributed by atoms with van der Waals surface area (Å²) in [6.07, 6.45) is -0.151. The molecule has 0 saturated carbocycles. The highest BCUT2D eigenvalue weighted by Gasteiger charge is 2.31. The molecule has 1 aromatic rings. The molecule has 16 heavy (non-hydrogen) atoms. The number of para-hydroxylation sites is 1. The topological polar surface area (TPSA) is 35.5 Å². The first kappa shape index (κ1) is 11.0. The summed E-state index contributed by atoms with van der Waals surface area (Å²) < 4.78 is 10.9. The quantitative estimate of drug-likeness (QED) is 0.679. The Hall–Kier alpha value is -1.55. The van der Waals surface area contributed by atoms with Crippen molar-refractivity contribution in [1.29, 1.82) is 0 Å². The second-order valence-electron chi connectivity index (χ2n) is 4.76. The normalized spacial score (nSPS) is 18.8. The number of fused-ring (bicyclic) bond motifs is 1. The van der Waals surface area contributed by atoms with Crippen molar-refractivity contribution in [2.75, 3.05) is 21.1 Å². The summed E-state index contributed by atoms with van der Waals surface area (Å²) in [5, 5.41) is 0. The molecule has 1 aromatic carbocycles. The molecule has 0 bridgehead atoms. The highest BCUT2D eigenvalue weighted by atomic mass is 16.7. The van der Waals surface area contributed by atoms with Gasteiger partial charge in [-0.3, -0.25) is 0 Å². The Morgan fingerprint density at radius 1 is 1.38 bits per heavy atom. The Bertz CT molecular complexity index is 384. The molecular formula is C12H16NO3+. The van der Waals surface area contributed by atoms with E-state index < -0.39 is 6.29 Å². The lowest BCUT2D eigenvalue weighted by Crippen LogP contribution is -2.44. The number of carbonyl (C=O) groups excluding carboxylic acids is 1. The van der Waals surface area contributed by atoms with E-state index in [4.69, 9.17) is 9.47 Å². The number of amides is 1. The third kappa shape index (κ3) is 2.17. The second-order valence-corrected chi connectivity index (χ2v) is 4.76. The maximum absolute atomic E-state index is 11.6. The lowest BCUT2D eigenvalue weighted by atomic mass is 10.2. The molecule has 0 fully saturated rings. The lowest BCUT2D eigenvalue weighted by molar-refractivity contribution is -0.796. The Labute approximate surface area is 95.0 Å². The van der Waals surface area contributed by atoms with Crippen LogP contribution in [0.5, 0.6) is 5.75 Å². The van der Waals surface area contributed by atoms with E-state index in [2.05, 4.69) is 0 Å². The molecule has 1 atom stereocenters. The predicted molar refractivity (Wildman–Crippen MR) is 59.1 cm³/mol. The van der Waals surface area contributed by atoms with Crippen molar-refractivity contribution >= 4 is 6.09 Å². The van der Waals surface area contributed by atoms with Gasteiger partial charge in [-0.25, -0.2) is 4.48 Å². The van der Waals surface area contributed by atoms with Crippen molar-refractivity contribution in [3.8, 4) is 5.75 Å². The number of benzene rings is 1. The third-order valence-corrected chi connectivity index (χ3v) is 2.40. The molecule has 1 unspecified atom stereocenters. The van der Waals surface area contributed by atoms with Crippen LogP contribution in [0.2, 0.25) is 0 Å². The minimum Gasteiger partial charge on any atom is -0.454 e. The van der Waals surface area contributed by atoms with Gasteiger partial charge in [0.2, 0.25) is 0 Å². The van der Waals surface area contributed by atoms with Gasteiger partial charge < -0.3 is 9.47 Å². The van der Waals surface area contributed by atoms with E-state index in [-0.39, 0.29) is 10.6 Å². The first-order valence-corrected chi connectivity index (χ1v) is 5.24. The van der Waals surface area contributed by atoms with Crippen LogP contribution in [0.3, 0.4) is 0 Å². The summed E-state index contributed by atoms with van der Waals surface area (Å²) in [4.78, 5) is 11.6. The number of hydrogen-bond donors (Lipinski definition) is 0. The van der Waals surface area contributed by atoms with Crippen molar-refractivity contribution in [1.82, 2.24) is 0 Å². The maximum atomic E-state index is 11.6. The van der Waals surface area contributed by atoms with E-state index in [0.29, 0.717) is 6.42 Å².